The first kappa shape index (κ1) is 17.0. The third-order valence-electron chi connectivity index (χ3n) is 6.20. The Balaban J connectivity index is 1.37. The Morgan fingerprint density at radius 3 is 2.93 bits per heavy atom. The number of fused-ring (bicyclic) bond motifs is 2. The van der Waals surface area contributed by atoms with Gasteiger partial charge in [-0.25, -0.2) is 0 Å². The minimum absolute atomic E-state index is 0.0358. The third kappa shape index (κ3) is 2.70. The van der Waals surface area contributed by atoms with Crippen LogP contribution in [0.2, 0.25) is 0 Å². The van der Waals surface area contributed by atoms with E-state index in [-0.39, 0.29) is 5.91 Å². The van der Waals surface area contributed by atoms with Crippen molar-refractivity contribution in [3.05, 3.63) is 71.4 Å². The highest BCUT2D eigenvalue weighted by Crippen LogP contribution is 2.35. The molecule has 0 unspecified atom stereocenters. The second kappa shape index (κ2) is 6.51. The van der Waals surface area contributed by atoms with Crippen molar-refractivity contribution in [1.82, 2.24) is 15.1 Å². The summed E-state index contributed by atoms with van der Waals surface area (Å²) in [6, 6.07) is 11.2. The van der Waals surface area contributed by atoms with Crippen LogP contribution in [0.25, 0.3) is 10.9 Å². The van der Waals surface area contributed by atoms with E-state index < -0.39 is 0 Å². The van der Waals surface area contributed by atoms with E-state index in [2.05, 4.69) is 58.9 Å². The first-order chi connectivity index (χ1) is 13.6. The van der Waals surface area contributed by atoms with Crippen LogP contribution in [0, 0.1) is 6.92 Å². The molecule has 3 aromatic rings. The van der Waals surface area contributed by atoms with Crippen LogP contribution in [-0.4, -0.2) is 40.6 Å². The van der Waals surface area contributed by atoms with Gasteiger partial charge in [0.25, 0.3) is 0 Å². The Kier molecular flexibility index (Phi) is 3.97. The molecular weight excluding hydrogens is 348 g/mol. The second-order valence-corrected chi connectivity index (χ2v) is 7.91. The van der Waals surface area contributed by atoms with Crippen molar-refractivity contribution >= 4 is 22.5 Å². The molecule has 0 radical (unpaired) electrons. The van der Waals surface area contributed by atoms with Crippen molar-refractivity contribution in [2.45, 2.75) is 25.8 Å². The van der Waals surface area contributed by atoms with Crippen LogP contribution in [0.1, 0.15) is 28.2 Å². The molecule has 1 aromatic heterocycles. The van der Waals surface area contributed by atoms with Gasteiger partial charge in [0.2, 0.25) is 5.91 Å². The summed E-state index contributed by atoms with van der Waals surface area (Å²) in [7, 11) is 0. The fourth-order valence-electron chi connectivity index (χ4n) is 4.55. The molecule has 0 aliphatic carbocycles. The van der Waals surface area contributed by atoms with Gasteiger partial charge in [-0.15, -0.1) is 0 Å². The second-order valence-electron chi connectivity index (χ2n) is 7.91. The smallest absolute Gasteiger partial charge is 0.245 e. The zero-order chi connectivity index (χ0) is 19.3. The number of aromatic amines is 1. The summed E-state index contributed by atoms with van der Waals surface area (Å²) in [5.41, 5.74) is 7.86. The van der Waals surface area contributed by atoms with Crippen molar-refractivity contribution < 1.29 is 4.79 Å². The van der Waals surface area contributed by atoms with Gasteiger partial charge in [0.1, 0.15) is 0 Å². The van der Waals surface area contributed by atoms with Gasteiger partial charge < -0.3 is 9.80 Å². The lowest BCUT2D eigenvalue weighted by molar-refractivity contribution is -0.130. The quantitative estimate of drug-likeness (QED) is 0.716. The maximum Gasteiger partial charge on any atom is 0.245 e. The summed E-state index contributed by atoms with van der Waals surface area (Å²) in [5, 5.41) is 8.51. The van der Waals surface area contributed by atoms with Crippen molar-refractivity contribution in [3.63, 3.8) is 0 Å². The fourth-order valence-corrected chi connectivity index (χ4v) is 4.55. The number of rotatable bonds is 3. The minimum Gasteiger partial charge on any atom is -0.366 e. The van der Waals surface area contributed by atoms with Crippen molar-refractivity contribution in [2.75, 3.05) is 24.5 Å². The lowest BCUT2D eigenvalue weighted by atomic mass is 9.87. The number of hydrogen-bond acceptors (Lipinski definition) is 3. The van der Waals surface area contributed by atoms with E-state index in [0.717, 1.165) is 38.1 Å². The summed E-state index contributed by atoms with van der Waals surface area (Å²) >= 11 is 0. The van der Waals surface area contributed by atoms with E-state index in [4.69, 9.17) is 0 Å². The molecule has 1 saturated heterocycles. The van der Waals surface area contributed by atoms with Crippen LogP contribution < -0.4 is 4.90 Å². The first-order valence-corrected chi connectivity index (χ1v) is 9.84. The zero-order valence-corrected chi connectivity index (χ0v) is 16.1. The molecule has 0 atom stereocenters. The van der Waals surface area contributed by atoms with E-state index in [0.29, 0.717) is 5.92 Å². The van der Waals surface area contributed by atoms with Gasteiger partial charge in [-0.3, -0.25) is 9.89 Å². The van der Waals surface area contributed by atoms with Crippen molar-refractivity contribution in [1.29, 1.82) is 0 Å². The number of likely N-dealkylation sites (tertiary alicyclic amines) is 1. The number of H-pyrrole nitrogens is 1. The Bertz CT molecular complexity index is 1080. The van der Waals surface area contributed by atoms with Gasteiger partial charge in [0.15, 0.2) is 0 Å². The van der Waals surface area contributed by atoms with E-state index in [1.54, 1.807) is 0 Å². The molecule has 5 rings (SSSR count). The number of aryl methyl sites for hydroxylation is 1. The van der Waals surface area contributed by atoms with E-state index in [9.17, 15) is 4.79 Å². The molecule has 2 aliphatic rings. The maximum absolute atomic E-state index is 11.7. The van der Waals surface area contributed by atoms with Crippen LogP contribution in [0.5, 0.6) is 0 Å². The average Bonchev–Trinajstić information content (AvgIpc) is 3.15. The highest BCUT2D eigenvalue weighted by molar-refractivity contribution is 5.93. The molecule has 5 nitrogen and oxygen atoms in total. The Hall–Kier alpha value is -3.08. The average molecular weight is 372 g/mol. The molecule has 1 amide bonds. The number of anilines is 1. The number of amides is 1. The lowest BCUT2D eigenvalue weighted by Gasteiger charge is -2.39. The molecule has 1 N–H and O–H groups in total. The molecule has 142 valence electrons. The summed E-state index contributed by atoms with van der Waals surface area (Å²) in [4.78, 5) is 16.0. The van der Waals surface area contributed by atoms with E-state index >= 15 is 0 Å². The normalized spacial score (nSPS) is 16.8. The number of carbonyl (C=O) groups is 1. The topological polar surface area (TPSA) is 52.2 Å². The molecule has 5 heteroatoms. The number of hydrogen-bond donors (Lipinski definition) is 1. The highest BCUT2D eigenvalue weighted by atomic mass is 16.2. The number of nitrogens with one attached hydrogen (secondary N) is 1. The summed E-state index contributed by atoms with van der Waals surface area (Å²) in [5.74, 6) is 0.489. The van der Waals surface area contributed by atoms with Gasteiger partial charge in [0.05, 0.1) is 17.4 Å². The largest absolute Gasteiger partial charge is 0.366 e. The Morgan fingerprint density at radius 1 is 1.25 bits per heavy atom. The van der Waals surface area contributed by atoms with Crippen LogP contribution in [0.3, 0.4) is 0 Å². The van der Waals surface area contributed by atoms with Crippen molar-refractivity contribution in [3.8, 4) is 0 Å². The number of aromatic nitrogens is 2. The van der Waals surface area contributed by atoms with Gasteiger partial charge >= 0.3 is 0 Å². The number of carbonyl (C=O) groups excluding carboxylic acids is 1. The Morgan fingerprint density at radius 2 is 2.11 bits per heavy atom. The maximum atomic E-state index is 11.7. The predicted molar refractivity (Wildman–Crippen MR) is 112 cm³/mol. The molecule has 28 heavy (non-hydrogen) atoms. The fraction of sp³-hybridized carbons (Fsp3) is 0.304. The molecule has 3 heterocycles. The molecule has 0 spiro atoms. The first-order valence-electron chi connectivity index (χ1n) is 9.84. The molecule has 2 aromatic carbocycles. The van der Waals surface area contributed by atoms with Crippen LogP contribution in [-0.2, 0) is 17.8 Å². The summed E-state index contributed by atoms with van der Waals surface area (Å²) in [6.07, 6.45) is 4.38. The predicted octanol–water partition coefficient (Wildman–Crippen LogP) is 3.55. The third-order valence-corrected chi connectivity index (χ3v) is 6.20. The molecule has 1 fully saturated rings. The standard InChI is InChI=1S/C23H24N4O/c1-3-22(28)27-13-19(14-27)16-5-6-18-12-26(9-8-17(18)10-16)23-15(2)4-7-21-20(23)11-24-25-21/h3-7,10-11,19H,1,8-9,12-14H2,2H3,(H,24,25). The van der Waals surface area contributed by atoms with Gasteiger partial charge in [-0.1, -0.05) is 30.8 Å². The summed E-state index contributed by atoms with van der Waals surface area (Å²) in [6.45, 7) is 9.28. The van der Waals surface area contributed by atoms with Gasteiger partial charge in [-0.05, 0) is 47.7 Å². The number of benzene rings is 2. The van der Waals surface area contributed by atoms with Gasteiger partial charge in [-0.2, -0.15) is 5.10 Å². The van der Waals surface area contributed by atoms with Crippen molar-refractivity contribution in [2.24, 2.45) is 0 Å². The summed E-state index contributed by atoms with van der Waals surface area (Å²) < 4.78 is 0. The minimum atomic E-state index is 0.0358. The zero-order valence-electron chi connectivity index (χ0n) is 16.1. The molecule has 0 saturated carbocycles. The lowest BCUT2D eigenvalue weighted by Crippen LogP contribution is -2.47. The van der Waals surface area contributed by atoms with Crippen LogP contribution in [0.4, 0.5) is 5.69 Å². The van der Waals surface area contributed by atoms with E-state index in [1.807, 2.05) is 11.1 Å². The Labute approximate surface area is 164 Å². The SMILES string of the molecule is C=CC(=O)N1CC(c2ccc3c(c2)CCN(c2c(C)ccc4[nH]ncc24)C3)C1. The molecular formula is C23H24N4O. The van der Waals surface area contributed by atoms with E-state index in [1.165, 1.54) is 39.4 Å². The van der Waals surface area contributed by atoms with Gasteiger partial charge in [0, 0.05) is 37.5 Å². The molecule has 2 aliphatic heterocycles. The highest BCUT2D eigenvalue weighted by Gasteiger charge is 2.31. The van der Waals surface area contributed by atoms with Crippen LogP contribution >= 0.6 is 0 Å². The van der Waals surface area contributed by atoms with Crippen LogP contribution in [0.15, 0.2) is 49.2 Å². The monoisotopic (exact) mass is 372 g/mol. The molecule has 0 bridgehead atoms. The number of nitrogens with zero attached hydrogens (tertiary/aromatic N) is 3.